The zero-order valence-corrected chi connectivity index (χ0v) is 12.6. The van der Waals surface area contributed by atoms with Crippen LogP contribution in [-0.2, 0) is 0 Å². The SMILES string of the molecule is NC(=O)c1cc(Sc2ccccc2)cc(-c2ccccc2)n1. The Hall–Kier alpha value is -2.59. The largest absolute Gasteiger partial charge is 0.364 e. The molecule has 0 bridgehead atoms. The van der Waals surface area contributed by atoms with E-state index in [9.17, 15) is 4.79 Å². The molecule has 0 spiro atoms. The van der Waals surface area contributed by atoms with E-state index < -0.39 is 5.91 Å². The van der Waals surface area contributed by atoms with Gasteiger partial charge in [0, 0.05) is 15.4 Å². The highest BCUT2D eigenvalue weighted by Gasteiger charge is 2.09. The predicted molar refractivity (Wildman–Crippen MR) is 88.8 cm³/mol. The lowest BCUT2D eigenvalue weighted by atomic mass is 10.1. The van der Waals surface area contributed by atoms with Gasteiger partial charge in [-0.15, -0.1) is 0 Å². The van der Waals surface area contributed by atoms with Crippen LogP contribution in [0.5, 0.6) is 0 Å². The van der Waals surface area contributed by atoms with E-state index in [-0.39, 0.29) is 5.69 Å². The van der Waals surface area contributed by atoms with Gasteiger partial charge in [-0.2, -0.15) is 0 Å². The number of rotatable bonds is 4. The Labute approximate surface area is 133 Å². The number of primary amides is 1. The summed E-state index contributed by atoms with van der Waals surface area (Å²) in [5.74, 6) is -0.521. The van der Waals surface area contributed by atoms with Gasteiger partial charge in [0.25, 0.3) is 5.91 Å². The molecule has 0 aliphatic rings. The summed E-state index contributed by atoms with van der Waals surface area (Å²) in [5, 5.41) is 0. The van der Waals surface area contributed by atoms with E-state index >= 15 is 0 Å². The topological polar surface area (TPSA) is 56.0 Å². The number of aromatic nitrogens is 1. The molecular weight excluding hydrogens is 292 g/mol. The second-order valence-electron chi connectivity index (χ2n) is 4.72. The van der Waals surface area contributed by atoms with Crippen molar-refractivity contribution < 1.29 is 4.79 Å². The Morgan fingerprint density at radius 2 is 1.50 bits per heavy atom. The molecule has 4 heteroatoms. The quantitative estimate of drug-likeness (QED) is 0.792. The van der Waals surface area contributed by atoms with Crippen molar-refractivity contribution in [3.63, 3.8) is 0 Å². The summed E-state index contributed by atoms with van der Waals surface area (Å²) in [6, 6.07) is 23.4. The second kappa shape index (κ2) is 6.45. The number of nitrogens with zero attached hydrogens (tertiary/aromatic N) is 1. The van der Waals surface area contributed by atoms with Crippen LogP contribution in [0.2, 0.25) is 0 Å². The lowest BCUT2D eigenvalue weighted by molar-refractivity contribution is 0.0995. The molecule has 2 N–H and O–H groups in total. The van der Waals surface area contributed by atoms with E-state index in [4.69, 9.17) is 5.73 Å². The van der Waals surface area contributed by atoms with Crippen LogP contribution in [0, 0.1) is 0 Å². The van der Waals surface area contributed by atoms with Crippen LogP contribution in [0.25, 0.3) is 11.3 Å². The lowest BCUT2D eigenvalue weighted by Crippen LogP contribution is -2.13. The first-order valence-electron chi connectivity index (χ1n) is 6.82. The van der Waals surface area contributed by atoms with Crippen LogP contribution < -0.4 is 5.73 Å². The molecule has 1 heterocycles. The van der Waals surface area contributed by atoms with Crippen molar-refractivity contribution in [3.05, 3.63) is 78.5 Å². The van der Waals surface area contributed by atoms with Crippen molar-refractivity contribution in [1.29, 1.82) is 0 Å². The highest BCUT2D eigenvalue weighted by molar-refractivity contribution is 7.99. The molecular formula is C18H14N2OS. The predicted octanol–water partition coefficient (Wildman–Crippen LogP) is 4.00. The van der Waals surface area contributed by atoms with Gasteiger partial charge in [-0.1, -0.05) is 60.3 Å². The van der Waals surface area contributed by atoms with E-state index in [1.165, 1.54) is 0 Å². The number of amides is 1. The molecule has 0 fully saturated rings. The number of carbonyl (C=O) groups excluding carboxylic acids is 1. The minimum atomic E-state index is -0.521. The van der Waals surface area contributed by atoms with Crippen molar-refractivity contribution in [2.75, 3.05) is 0 Å². The normalized spacial score (nSPS) is 10.4. The van der Waals surface area contributed by atoms with Crippen molar-refractivity contribution in [2.45, 2.75) is 9.79 Å². The fourth-order valence-corrected chi connectivity index (χ4v) is 2.98. The number of benzene rings is 2. The average molecular weight is 306 g/mol. The van der Waals surface area contributed by atoms with Crippen molar-refractivity contribution in [1.82, 2.24) is 4.98 Å². The molecule has 3 nitrogen and oxygen atoms in total. The third-order valence-corrected chi connectivity index (χ3v) is 4.08. The standard InChI is InChI=1S/C18H14N2OS/c19-18(21)17-12-15(22-14-9-5-2-6-10-14)11-16(20-17)13-7-3-1-4-8-13/h1-12H,(H2,19,21). The van der Waals surface area contributed by atoms with E-state index in [2.05, 4.69) is 4.98 Å². The minimum Gasteiger partial charge on any atom is -0.364 e. The molecule has 0 atom stereocenters. The molecule has 0 aliphatic carbocycles. The van der Waals surface area contributed by atoms with Gasteiger partial charge in [0.2, 0.25) is 0 Å². The minimum absolute atomic E-state index is 0.278. The monoisotopic (exact) mass is 306 g/mol. The number of hydrogen-bond acceptors (Lipinski definition) is 3. The molecule has 0 saturated heterocycles. The third kappa shape index (κ3) is 3.35. The highest BCUT2D eigenvalue weighted by Crippen LogP contribution is 2.30. The van der Waals surface area contributed by atoms with Gasteiger partial charge >= 0.3 is 0 Å². The van der Waals surface area contributed by atoms with Crippen LogP contribution in [0.4, 0.5) is 0 Å². The van der Waals surface area contributed by atoms with Gasteiger partial charge in [-0.25, -0.2) is 4.98 Å². The summed E-state index contributed by atoms with van der Waals surface area (Å²) in [6.45, 7) is 0. The molecule has 0 aliphatic heterocycles. The maximum Gasteiger partial charge on any atom is 0.267 e. The number of carbonyl (C=O) groups is 1. The van der Waals surface area contributed by atoms with Crippen LogP contribution >= 0.6 is 11.8 Å². The molecule has 3 aromatic rings. The Balaban J connectivity index is 2.03. The average Bonchev–Trinajstić information content (AvgIpc) is 2.56. The number of pyridine rings is 1. The van der Waals surface area contributed by atoms with Gasteiger partial charge in [0.15, 0.2) is 0 Å². The zero-order valence-electron chi connectivity index (χ0n) is 11.8. The molecule has 2 aromatic carbocycles. The molecule has 0 radical (unpaired) electrons. The summed E-state index contributed by atoms with van der Waals surface area (Å²) in [7, 11) is 0. The van der Waals surface area contributed by atoms with Crippen LogP contribution in [-0.4, -0.2) is 10.9 Å². The molecule has 0 saturated carbocycles. The van der Waals surface area contributed by atoms with Crippen molar-refractivity contribution >= 4 is 17.7 Å². The first-order chi connectivity index (χ1) is 10.7. The van der Waals surface area contributed by atoms with E-state index in [1.54, 1.807) is 17.8 Å². The fourth-order valence-electron chi connectivity index (χ4n) is 2.07. The van der Waals surface area contributed by atoms with Gasteiger partial charge in [-0.05, 0) is 24.3 Å². The summed E-state index contributed by atoms with van der Waals surface area (Å²) < 4.78 is 0. The maximum absolute atomic E-state index is 11.5. The fraction of sp³-hybridized carbons (Fsp3) is 0. The van der Waals surface area contributed by atoms with Gasteiger partial charge in [0.1, 0.15) is 5.69 Å². The lowest BCUT2D eigenvalue weighted by Gasteiger charge is -2.07. The van der Waals surface area contributed by atoms with Gasteiger partial charge < -0.3 is 5.73 Å². The van der Waals surface area contributed by atoms with E-state index in [0.717, 1.165) is 21.0 Å². The smallest absolute Gasteiger partial charge is 0.267 e. The van der Waals surface area contributed by atoms with E-state index in [0.29, 0.717) is 0 Å². The van der Waals surface area contributed by atoms with Gasteiger partial charge in [-0.3, -0.25) is 4.79 Å². The summed E-state index contributed by atoms with van der Waals surface area (Å²) in [4.78, 5) is 17.9. The van der Waals surface area contributed by atoms with Crippen molar-refractivity contribution in [3.8, 4) is 11.3 Å². The van der Waals surface area contributed by atoms with Crippen LogP contribution in [0.3, 0.4) is 0 Å². The Morgan fingerprint density at radius 1 is 0.864 bits per heavy atom. The number of hydrogen-bond donors (Lipinski definition) is 1. The molecule has 22 heavy (non-hydrogen) atoms. The van der Waals surface area contributed by atoms with Gasteiger partial charge in [0.05, 0.1) is 5.69 Å². The molecule has 108 valence electrons. The maximum atomic E-state index is 11.5. The third-order valence-electron chi connectivity index (χ3n) is 3.10. The first-order valence-corrected chi connectivity index (χ1v) is 7.64. The molecule has 0 unspecified atom stereocenters. The molecule has 3 rings (SSSR count). The summed E-state index contributed by atoms with van der Waals surface area (Å²) >= 11 is 1.58. The van der Waals surface area contributed by atoms with Crippen LogP contribution in [0.1, 0.15) is 10.5 Å². The zero-order chi connectivity index (χ0) is 15.4. The molecule has 1 amide bonds. The molecule has 1 aromatic heterocycles. The summed E-state index contributed by atoms with van der Waals surface area (Å²) in [6.07, 6.45) is 0. The van der Waals surface area contributed by atoms with Crippen molar-refractivity contribution in [2.24, 2.45) is 5.73 Å². The Morgan fingerprint density at radius 3 is 2.14 bits per heavy atom. The number of nitrogens with two attached hydrogens (primary N) is 1. The highest BCUT2D eigenvalue weighted by atomic mass is 32.2. The van der Waals surface area contributed by atoms with Crippen LogP contribution in [0.15, 0.2) is 82.6 Å². The second-order valence-corrected chi connectivity index (χ2v) is 5.87. The summed E-state index contributed by atoms with van der Waals surface area (Å²) in [5.41, 5.74) is 7.39. The first kappa shape index (κ1) is 14.4. The Kier molecular flexibility index (Phi) is 4.21. The van der Waals surface area contributed by atoms with E-state index in [1.807, 2.05) is 66.7 Å². The Bertz CT molecular complexity index is 789.